The van der Waals surface area contributed by atoms with Crippen LogP contribution in [0.15, 0.2) is 36.4 Å². The molecule has 21 heavy (non-hydrogen) atoms. The molecular formula is C16H11ClIN3. The normalized spacial score (nSPS) is 10.8. The number of nitriles is 1. The van der Waals surface area contributed by atoms with Gasteiger partial charge >= 0.3 is 0 Å². The van der Waals surface area contributed by atoms with Crippen molar-refractivity contribution in [2.75, 3.05) is 0 Å². The van der Waals surface area contributed by atoms with E-state index in [1.165, 1.54) is 0 Å². The van der Waals surface area contributed by atoms with E-state index in [2.05, 4.69) is 45.1 Å². The highest BCUT2D eigenvalue weighted by molar-refractivity contribution is 14.1. The molecule has 0 N–H and O–H groups in total. The van der Waals surface area contributed by atoms with Gasteiger partial charge in [-0.25, -0.2) is 4.98 Å². The van der Waals surface area contributed by atoms with Crippen molar-refractivity contribution in [1.29, 1.82) is 5.26 Å². The molecule has 0 saturated heterocycles. The van der Waals surface area contributed by atoms with Crippen molar-refractivity contribution in [2.45, 2.75) is 13.5 Å². The third-order valence-corrected chi connectivity index (χ3v) is 4.94. The quantitative estimate of drug-likeness (QED) is 0.570. The molecule has 0 unspecified atom stereocenters. The fourth-order valence-corrected chi connectivity index (χ4v) is 2.89. The van der Waals surface area contributed by atoms with Crippen LogP contribution in [0.5, 0.6) is 0 Å². The minimum Gasteiger partial charge on any atom is -0.324 e. The van der Waals surface area contributed by atoms with Gasteiger partial charge in [-0.3, -0.25) is 0 Å². The van der Waals surface area contributed by atoms with Gasteiger partial charge in [0.15, 0.2) is 0 Å². The predicted molar refractivity (Wildman–Crippen MR) is 93.3 cm³/mol. The molecule has 0 aliphatic heterocycles. The van der Waals surface area contributed by atoms with E-state index < -0.39 is 0 Å². The summed E-state index contributed by atoms with van der Waals surface area (Å²) in [6, 6.07) is 13.7. The van der Waals surface area contributed by atoms with Crippen molar-refractivity contribution in [2.24, 2.45) is 0 Å². The Morgan fingerprint density at radius 2 is 2.10 bits per heavy atom. The highest BCUT2D eigenvalue weighted by atomic mass is 127. The number of aryl methyl sites for hydroxylation is 1. The first-order valence-electron chi connectivity index (χ1n) is 6.50. The van der Waals surface area contributed by atoms with Crippen LogP contribution in [0, 0.1) is 14.9 Å². The lowest BCUT2D eigenvalue weighted by Gasteiger charge is -2.07. The first kappa shape index (κ1) is 14.4. The van der Waals surface area contributed by atoms with Crippen LogP contribution in [0.25, 0.3) is 22.4 Å². The number of hydrogen-bond donors (Lipinski definition) is 0. The molecular weight excluding hydrogens is 397 g/mol. The summed E-state index contributed by atoms with van der Waals surface area (Å²) in [6.07, 6.45) is 0. The summed E-state index contributed by atoms with van der Waals surface area (Å²) in [7, 11) is 0. The SMILES string of the molecule is CCn1c(-c2ccc(I)c(Cl)c2)nc2cc(C#N)ccc21. The van der Waals surface area contributed by atoms with E-state index in [0.29, 0.717) is 5.56 Å². The maximum absolute atomic E-state index is 9.01. The first-order chi connectivity index (χ1) is 10.1. The van der Waals surface area contributed by atoms with Crippen molar-refractivity contribution < 1.29 is 0 Å². The van der Waals surface area contributed by atoms with Crippen molar-refractivity contribution in [3.63, 3.8) is 0 Å². The molecule has 0 saturated carbocycles. The van der Waals surface area contributed by atoms with Gasteiger partial charge in [-0.1, -0.05) is 17.7 Å². The van der Waals surface area contributed by atoms with Gasteiger partial charge in [-0.05, 0) is 59.8 Å². The summed E-state index contributed by atoms with van der Waals surface area (Å²) in [5.41, 5.74) is 3.47. The van der Waals surface area contributed by atoms with Crippen molar-refractivity contribution in [1.82, 2.24) is 9.55 Å². The van der Waals surface area contributed by atoms with Gasteiger partial charge in [0, 0.05) is 15.7 Å². The van der Waals surface area contributed by atoms with E-state index in [1.807, 2.05) is 36.4 Å². The summed E-state index contributed by atoms with van der Waals surface area (Å²) < 4.78 is 3.15. The molecule has 3 aromatic rings. The third kappa shape index (κ3) is 2.52. The van der Waals surface area contributed by atoms with Crippen LogP contribution >= 0.6 is 34.2 Å². The highest BCUT2D eigenvalue weighted by Gasteiger charge is 2.13. The topological polar surface area (TPSA) is 41.6 Å². The molecule has 0 radical (unpaired) electrons. The summed E-state index contributed by atoms with van der Waals surface area (Å²) in [4.78, 5) is 4.68. The van der Waals surface area contributed by atoms with E-state index in [0.717, 1.165) is 37.6 Å². The van der Waals surface area contributed by atoms with Crippen LogP contribution in [-0.4, -0.2) is 9.55 Å². The Morgan fingerprint density at radius 1 is 1.29 bits per heavy atom. The van der Waals surface area contributed by atoms with Gasteiger partial charge in [-0.2, -0.15) is 5.26 Å². The van der Waals surface area contributed by atoms with Crippen molar-refractivity contribution in [3.8, 4) is 17.5 Å². The number of aromatic nitrogens is 2. The maximum atomic E-state index is 9.01. The van der Waals surface area contributed by atoms with E-state index in [4.69, 9.17) is 16.9 Å². The molecule has 0 aliphatic rings. The number of nitrogens with zero attached hydrogens (tertiary/aromatic N) is 3. The largest absolute Gasteiger partial charge is 0.324 e. The molecule has 0 fully saturated rings. The van der Waals surface area contributed by atoms with Crippen LogP contribution in [0.1, 0.15) is 12.5 Å². The molecule has 1 heterocycles. The molecule has 2 aromatic carbocycles. The van der Waals surface area contributed by atoms with Gasteiger partial charge in [0.25, 0.3) is 0 Å². The highest BCUT2D eigenvalue weighted by Crippen LogP contribution is 2.29. The number of rotatable bonds is 2. The summed E-state index contributed by atoms with van der Waals surface area (Å²) in [5, 5.41) is 9.73. The molecule has 5 heteroatoms. The standard InChI is InChI=1S/C16H11ClIN3/c1-2-21-15-6-3-10(9-19)7-14(15)20-16(21)11-4-5-13(18)12(17)8-11/h3-8H,2H2,1H3. The lowest BCUT2D eigenvalue weighted by Crippen LogP contribution is -1.97. The van der Waals surface area contributed by atoms with Gasteiger partial charge in [0.05, 0.1) is 27.7 Å². The lowest BCUT2D eigenvalue weighted by atomic mass is 10.2. The Bertz CT molecular complexity index is 877. The molecule has 1 aromatic heterocycles. The average Bonchev–Trinajstić information content (AvgIpc) is 2.87. The molecule has 0 amide bonds. The summed E-state index contributed by atoms with van der Waals surface area (Å²) in [5.74, 6) is 0.876. The van der Waals surface area contributed by atoms with E-state index in [1.54, 1.807) is 0 Å². The van der Waals surface area contributed by atoms with Crippen molar-refractivity contribution >= 4 is 45.2 Å². The zero-order valence-corrected chi connectivity index (χ0v) is 14.2. The van der Waals surface area contributed by atoms with Gasteiger partial charge in [-0.15, -0.1) is 0 Å². The molecule has 0 spiro atoms. The fourth-order valence-electron chi connectivity index (χ4n) is 2.38. The van der Waals surface area contributed by atoms with Crippen LogP contribution in [0.3, 0.4) is 0 Å². The second-order valence-corrected chi connectivity index (χ2v) is 6.19. The number of fused-ring (bicyclic) bond motifs is 1. The van der Waals surface area contributed by atoms with E-state index in [9.17, 15) is 0 Å². The molecule has 104 valence electrons. The zero-order chi connectivity index (χ0) is 15.0. The van der Waals surface area contributed by atoms with Gasteiger partial charge in [0.2, 0.25) is 0 Å². The third-order valence-electron chi connectivity index (χ3n) is 3.37. The van der Waals surface area contributed by atoms with E-state index >= 15 is 0 Å². The van der Waals surface area contributed by atoms with Crippen LogP contribution < -0.4 is 0 Å². The number of benzene rings is 2. The van der Waals surface area contributed by atoms with Crippen LogP contribution in [-0.2, 0) is 6.54 Å². The van der Waals surface area contributed by atoms with Gasteiger partial charge < -0.3 is 4.57 Å². The lowest BCUT2D eigenvalue weighted by molar-refractivity contribution is 0.796. The second-order valence-electron chi connectivity index (χ2n) is 4.62. The predicted octanol–water partition coefficient (Wildman–Crippen LogP) is 4.85. The molecule has 0 bridgehead atoms. The minimum absolute atomic E-state index is 0.621. The van der Waals surface area contributed by atoms with Crippen LogP contribution in [0.4, 0.5) is 0 Å². The smallest absolute Gasteiger partial charge is 0.141 e. The van der Waals surface area contributed by atoms with Crippen LogP contribution in [0.2, 0.25) is 5.02 Å². The number of halogens is 2. The maximum Gasteiger partial charge on any atom is 0.141 e. The molecule has 0 atom stereocenters. The number of imidazole rings is 1. The average molecular weight is 408 g/mol. The Hall–Kier alpha value is -1.58. The Balaban J connectivity index is 2.26. The molecule has 0 aliphatic carbocycles. The molecule has 3 rings (SSSR count). The first-order valence-corrected chi connectivity index (χ1v) is 7.95. The second kappa shape index (κ2) is 5.66. The zero-order valence-electron chi connectivity index (χ0n) is 11.3. The summed E-state index contributed by atoms with van der Waals surface area (Å²) >= 11 is 8.42. The minimum atomic E-state index is 0.621. The summed E-state index contributed by atoms with van der Waals surface area (Å²) in [6.45, 7) is 2.89. The monoisotopic (exact) mass is 407 g/mol. The van der Waals surface area contributed by atoms with Crippen molar-refractivity contribution in [3.05, 3.63) is 50.6 Å². The Kier molecular flexibility index (Phi) is 3.87. The fraction of sp³-hybridized carbons (Fsp3) is 0.125. The molecule has 3 nitrogen and oxygen atoms in total. The Labute approximate surface area is 141 Å². The number of hydrogen-bond acceptors (Lipinski definition) is 2. The van der Waals surface area contributed by atoms with Gasteiger partial charge in [0.1, 0.15) is 5.82 Å². The Morgan fingerprint density at radius 3 is 2.76 bits per heavy atom. The van der Waals surface area contributed by atoms with E-state index in [-0.39, 0.29) is 0 Å².